The van der Waals surface area contributed by atoms with E-state index in [1.165, 1.54) is 25.4 Å². The molecule has 1 N–H and O–H groups in total. The summed E-state index contributed by atoms with van der Waals surface area (Å²) in [6.45, 7) is 1.91. The molecule has 0 aromatic carbocycles. The molecule has 2 heterocycles. The molecule has 1 saturated heterocycles. The van der Waals surface area contributed by atoms with Crippen molar-refractivity contribution in [3.63, 3.8) is 0 Å². The van der Waals surface area contributed by atoms with Gasteiger partial charge in [0, 0.05) is 24.9 Å². The van der Waals surface area contributed by atoms with Crippen molar-refractivity contribution in [3.8, 4) is 0 Å². The van der Waals surface area contributed by atoms with Crippen LogP contribution in [0.25, 0.3) is 0 Å². The van der Waals surface area contributed by atoms with Crippen molar-refractivity contribution in [1.82, 2.24) is 4.90 Å². The number of hydrogen-bond donors (Lipinski definition) is 1. The Labute approximate surface area is 173 Å². The summed E-state index contributed by atoms with van der Waals surface area (Å²) in [5.74, 6) is -1.56. The quantitative estimate of drug-likeness (QED) is 0.730. The van der Waals surface area contributed by atoms with Gasteiger partial charge in [0.25, 0.3) is 5.91 Å². The first-order chi connectivity index (χ1) is 13.9. The molecule has 158 valence electrons. The summed E-state index contributed by atoms with van der Waals surface area (Å²) in [6, 6.07) is 0. The van der Waals surface area contributed by atoms with Gasteiger partial charge in [-0.3, -0.25) is 14.4 Å². The number of ether oxygens (including phenoxy) is 2. The van der Waals surface area contributed by atoms with E-state index in [2.05, 4.69) is 5.32 Å². The molecule has 29 heavy (non-hydrogen) atoms. The molecular formula is C20H26N2O6S. The fourth-order valence-corrected chi connectivity index (χ4v) is 5.18. The van der Waals surface area contributed by atoms with Crippen LogP contribution in [-0.4, -0.2) is 55.5 Å². The number of methoxy groups -OCH3 is 1. The summed E-state index contributed by atoms with van der Waals surface area (Å²) < 4.78 is 10.1. The second-order valence-corrected chi connectivity index (χ2v) is 8.46. The van der Waals surface area contributed by atoms with Crippen LogP contribution in [0.15, 0.2) is 0 Å². The molecule has 3 rings (SSSR count). The van der Waals surface area contributed by atoms with Gasteiger partial charge >= 0.3 is 11.9 Å². The van der Waals surface area contributed by atoms with Crippen LogP contribution in [0, 0.1) is 5.92 Å². The van der Waals surface area contributed by atoms with Gasteiger partial charge in [0.2, 0.25) is 5.91 Å². The summed E-state index contributed by atoms with van der Waals surface area (Å²) in [5, 5.41) is 3.22. The highest BCUT2D eigenvalue weighted by molar-refractivity contribution is 7.17. The lowest BCUT2D eigenvalue weighted by Crippen LogP contribution is -2.42. The van der Waals surface area contributed by atoms with Crippen LogP contribution in [0.5, 0.6) is 0 Å². The molecule has 1 aliphatic heterocycles. The third-order valence-electron chi connectivity index (χ3n) is 5.37. The van der Waals surface area contributed by atoms with Crippen molar-refractivity contribution >= 4 is 40.1 Å². The molecule has 0 atom stereocenters. The first-order valence-electron chi connectivity index (χ1n) is 9.85. The van der Waals surface area contributed by atoms with Gasteiger partial charge in [0.1, 0.15) is 5.00 Å². The molecule has 2 amide bonds. The molecule has 1 aromatic heterocycles. The summed E-state index contributed by atoms with van der Waals surface area (Å²) in [7, 11) is 1.36. The van der Waals surface area contributed by atoms with Crippen LogP contribution in [0.1, 0.15) is 53.4 Å². The number of rotatable bonds is 5. The summed E-state index contributed by atoms with van der Waals surface area (Å²) in [5.41, 5.74) is 1.32. The fraction of sp³-hybridized carbons (Fsp3) is 0.600. The number of anilines is 1. The zero-order valence-corrected chi connectivity index (χ0v) is 17.6. The van der Waals surface area contributed by atoms with Crippen molar-refractivity contribution in [2.75, 3.05) is 32.1 Å². The molecule has 1 fully saturated rings. The SMILES string of the molecule is COC(=O)C1CCN(C(=O)COC(=O)c2c(NC(C)=O)sc3c2CCCC3)CC1. The number of hydrogen-bond acceptors (Lipinski definition) is 7. The number of piperidine rings is 1. The van der Waals surface area contributed by atoms with Gasteiger partial charge in [-0.25, -0.2) is 4.79 Å². The number of carbonyl (C=O) groups excluding carboxylic acids is 4. The molecule has 2 aliphatic rings. The molecule has 0 unspecified atom stereocenters. The van der Waals surface area contributed by atoms with Crippen LogP contribution in [0.2, 0.25) is 0 Å². The standard InChI is InChI=1S/C20H26N2O6S/c1-12(23)21-18-17(14-5-3-4-6-15(14)29-18)20(26)28-11-16(24)22-9-7-13(8-10-22)19(25)27-2/h13H,3-11H2,1-2H3,(H,21,23). The van der Waals surface area contributed by atoms with Crippen LogP contribution >= 0.6 is 11.3 Å². The van der Waals surface area contributed by atoms with Crippen LogP contribution in [0.4, 0.5) is 5.00 Å². The minimum absolute atomic E-state index is 0.191. The zero-order chi connectivity index (χ0) is 21.0. The van der Waals surface area contributed by atoms with Crippen LogP contribution < -0.4 is 5.32 Å². The number of amides is 2. The molecule has 1 aliphatic carbocycles. The van der Waals surface area contributed by atoms with E-state index in [-0.39, 0.29) is 30.3 Å². The number of likely N-dealkylation sites (tertiary alicyclic amines) is 1. The Bertz CT molecular complexity index is 810. The van der Waals surface area contributed by atoms with Gasteiger partial charge < -0.3 is 19.7 Å². The number of esters is 2. The number of nitrogens with zero attached hydrogens (tertiary/aromatic N) is 1. The Hall–Kier alpha value is -2.42. The summed E-state index contributed by atoms with van der Waals surface area (Å²) in [4.78, 5) is 51.0. The Morgan fingerprint density at radius 3 is 2.48 bits per heavy atom. The second kappa shape index (κ2) is 9.39. The van der Waals surface area contributed by atoms with E-state index in [1.54, 1.807) is 4.90 Å². The van der Waals surface area contributed by atoms with E-state index in [4.69, 9.17) is 9.47 Å². The largest absolute Gasteiger partial charge is 0.469 e. The molecule has 0 bridgehead atoms. The lowest BCUT2D eigenvalue weighted by Gasteiger charge is -2.30. The highest BCUT2D eigenvalue weighted by Crippen LogP contribution is 2.38. The van der Waals surface area contributed by atoms with Crippen molar-refractivity contribution < 1.29 is 28.7 Å². The Balaban J connectivity index is 1.61. The van der Waals surface area contributed by atoms with Gasteiger partial charge in [0.15, 0.2) is 6.61 Å². The van der Waals surface area contributed by atoms with E-state index >= 15 is 0 Å². The third kappa shape index (κ3) is 4.95. The molecule has 8 nitrogen and oxygen atoms in total. The number of fused-ring (bicyclic) bond motifs is 1. The lowest BCUT2D eigenvalue weighted by atomic mass is 9.95. The van der Waals surface area contributed by atoms with Crippen molar-refractivity contribution in [2.45, 2.75) is 45.4 Å². The predicted octanol–water partition coefficient (Wildman–Crippen LogP) is 2.15. The lowest BCUT2D eigenvalue weighted by molar-refractivity contribution is -0.149. The van der Waals surface area contributed by atoms with Crippen molar-refractivity contribution in [3.05, 3.63) is 16.0 Å². The van der Waals surface area contributed by atoms with Gasteiger partial charge in [0.05, 0.1) is 18.6 Å². The van der Waals surface area contributed by atoms with Gasteiger partial charge in [-0.15, -0.1) is 11.3 Å². The highest BCUT2D eigenvalue weighted by atomic mass is 32.1. The van der Waals surface area contributed by atoms with Gasteiger partial charge in [-0.1, -0.05) is 0 Å². The van der Waals surface area contributed by atoms with Crippen LogP contribution in [0.3, 0.4) is 0 Å². The number of nitrogens with one attached hydrogen (secondary N) is 1. The molecule has 0 radical (unpaired) electrons. The van der Waals surface area contributed by atoms with Gasteiger partial charge in [-0.2, -0.15) is 0 Å². The maximum Gasteiger partial charge on any atom is 0.341 e. The summed E-state index contributed by atoms with van der Waals surface area (Å²) >= 11 is 1.41. The zero-order valence-electron chi connectivity index (χ0n) is 16.7. The number of thiophene rings is 1. The van der Waals surface area contributed by atoms with E-state index in [9.17, 15) is 19.2 Å². The van der Waals surface area contributed by atoms with E-state index in [0.717, 1.165) is 36.1 Å². The van der Waals surface area contributed by atoms with E-state index in [1.807, 2.05) is 0 Å². The van der Waals surface area contributed by atoms with E-state index < -0.39 is 5.97 Å². The Morgan fingerprint density at radius 1 is 1.14 bits per heavy atom. The third-order valence-corrected chi connectivity index (χ3v) is 6.58. The van der Waals surface area contributed by atoms with Gasteiger partial charge in [-0.05, 0) is 44.1 Å². The topological polar surface area (TPSA) is 102 Å². The maximum absolute atomic E-state index is 12.7. The molecule has 0 saturated carbocycles. The first kappa shape index (κ1) is 21.3. The van der Waals surface area contributed by atoms with Crippen LogP contribution in [-0.2, 0) is 36.7 Å². The fourth-order valence-electron chi connectivity index (χ4n) is 3.85. The number of aryl methyl sites for hydroxylation is 1. The predicted molar refractivity (Wildman–Crippen MR) is 107 cm³/mol. The first-order valence-corrected chi connectivity index (χ1v) is 10.7. The second-order valence-electron chi connectivity index (χ2n) is 7.35. The Morgan fingerprint density at radius 2 is 1.83 bits per heavy atom. The highest BCUT2D eigenvalue weighted by Gasteiger charge is 2.30. The number of carbonyl (C=O) groups is 4. The smallest absolute Gasteiger partial charge is 0.341 e. The monoisotopic (exact) mass is 422 g/mol. The Kier molecular flexibility index (Phi) is 6.89. The molecule has 1 aromatic rings. The normalized spacial score (nSPS) is 16.7. The van der Waals surface area contributed by atoms with Crippen molar-refractivity contribution in [2.24, 2.45) is 5.92 Å². The molecule has 9 heteroatoms. The minimum Gasteiger partial charge on any atom is -0.469 e. The van der Waals surface area contributed by atoms with Crippen molar-refractivity contribution in [1.29, 1.82) is 0 Å². The molecular weight excluding hydrogens is 396 g/mol. The average molecular weight is 423 g/mol. The molecule has 0 spiro atoms. The van der Waals surface area contributed by atoms with E-state index in [0.29, 0.717) is 36.5 Å². The summed E-state index contributed by atoms with van der Waals surface area (Å²) in [6.07, 6.45) is 4.77. The maximum atomic E-state index is 12.7. The minimum atomic E-state index is -0.578. The average Bonchev–Trinajstić information content (AvgIpc) is 3.08.